The summed E-state index contributed by atoms with van der Waals surface area (Å²) < 4.78 is 72.5. The average Bonchev–Trinajstić information content (AvgIpc) is 3.29. The minimum atomic E-state index is -4.96. The van der Waals surface area contributed by atoms with E-state index in [1.807, 2.05) is 6.92 Å². The van der Waals surface area contributed by atoms with Crippen molar-refractivity contribution in [2.24, 2.45) is 0 Å². The first-order valence-corrected chi connectivity index (χ1v) is 13.5. The van der Waals surface area contributed by atoms with E-state index in [4.69, 9.17) is 11.6 Å². The number of carbonyl (C=O) groups excluding carboxylic acids is 1. The molecule has 1 fully saturated rings. The summed E-state index contributed by atoms with van der Waals surface area (Å²) in [6.07, 6.45) is -1.98. The second-order valence-corrected chi connectivity index (χ2v) is 10.3. The molecule has 0 saturated carbocycles. The third-order valence-electron chi connectivity index (χ3n) is 6.94. The van der Waals surface area contributed by atoms with Crippen molar-refractivity contribution in [1.82, 2.24) is 19.7 Å². The van der Waals surface area contributed by atoms with Gasteiger partial charge >= 0.3 is 6.36 Å². The molecule has 0 unspecified atom stereocenters. The van der Waals surface area contributed by atoms with E-state index < -0.39 is 23.7 Å². The van der Waals surface area contributed by atoms with E-state index in [1.165, 1.54) is 6.07 Å². The lowest BCUT2D eigenvalue weighted by Crippen LogP contribution is -2.53. The standard InChI is InChI=1S/C28H26ClF5N6O2.ClH/c1-3-22-25(40-15-18(29)5-7-24(40)37-22)27(41)36-12-17-4-6-23(20(30)10-17)38-8-9-39(16(2)14-38)26-21(31)11-19(13-35-26)42-28(32,33)34;/h4-7,10-11,13,15-16H,3,8-9,12,14H2,1-2H3,(H,36,41);1H/t16-;/m0./s1. The smallest absolute Gasteiger partial charge is 0.404 e. The molecule has 0 bridgehead atoms. The maximum Gasteiger partial charge on any atom is 0.573 e. The number of imidazole rings is 1. The number of nitrogens with zero attached hydrogens (tertiary/aromatic N) is 5. The molecule has 1 saturated heterocycles. The number of aromatic nitrogens is 3. The Morgan fingerprint density at radius 1 is 1.14 bits per heavy atom. The molecule has 1 aliphatic rings. The maximum absolute atomic E-state index is 15.2. The second-order valence-electron chi connectivity index (χ2n) is 9.82. The number of carbonyl (C=O) groups is 1. The predicted molar refractivity (Wildman–Crippen MR) is 154 cm³/mol. The van der Waals surface area contributed by atoms with Crippen molar-refractivity contribution in [1.29, 1.82) is 0 Å². The molecule has 43 heavy (non-hydrogen) atoms. The van der Waals surface area contributed by atoms with Gasteiger partial charge in [0.15, 0.2) is 17.4 Å². The molecule has 8 nitrogen and oxygen atoms in total. The van der Waals surface area contributed by atoms with E-state index in [9.17, 15) is 22.4 Å². The number of nitrogens with one attached hydrogen (secondary N) is 1. The minimum Gasteiger partial charge on any atom is -0.404 e. The van der Waals surface area contributed by atoms with Gasteiger partial charge in [0, 0.05) is 44.5 Å². The number of pyridine rings is 2. The summed E-state index contributed by atoms with van der Waals surface area (Å²) in [5, 5.41) is 3.28. The highest BCUT2D eigenvalue weighted by Gasteiger charge is 2.33. The van der Waals surface area contributed by atoms with E-state index in [2.05, 4.69) is 20.0 Å². The Hall–Kier alpha value is -3.84. The Labute approximate surface area is 254 Å². The van der Waals surface area contributed by atoms with Crippen molar-refractivity contribution in [3.63, 3.8) is 0 Å². The third kappa shape index (κ3) is 7.04. The Morgan fingerprint density at radius 2 is 1.91 bits per heavy atom. The third-order valence-corrected chi connectivity index (χ3v) is 7.16. The van der Waals surface area contributed by atoms with Crippen molar-refractivity contribution in [3.8, 4) is 5.75 Å². The number of aryl methyl sites for hydroxylation is 1. The lowest BCUT2D eigenvalue weighted by atomic mass is 10.1. The first-order chi connectivity index (χ1) is 19.9. The van der Waals surface area contributed by atoms with Gasteiger partial charge in [0.25, 0.3) is 5.91 Å². The minimum absolute atomic E-state index is 0. The molecule has 0 radical (unpaired) electrons. The number of alkyl halides is 3. The molecule has 1 aliphatic heterocycles. The highest BCUT2D eigenvalue weighted by atomic mass is 35.5. The van der Waals surface area contributed by atoms with Gasteiger partial charge in [-0.15, -0.1) is 25.6 Å². The summed E-state index contributed by atoms with van der Waals surface area (Å²) in [4.78, 5) is 24.8. The summed E-state index contributed by atoms with van der Waals surface area (Å²) in [7, 11) is 0. The number of amides is 1. The largest absolute Gasteiger partial charge is 0.573 e. The van der Waals surface area contributed by atoms with E-state index in [0.717, 1.165) is 6.20 Å². The first-order valence-electron chi connectivity index (χ1n) is 13.1. The number of benzene rings is 1. The van der Waals surface area contributed by atoms with Crippen molar-refractivity contribution < 1.29 is 31.5 Å². The Balaban J connectivity index is 0.00000423. The molecule has 15 heteroatoms. The van der Waals surface area contributed by atoms with Gasteiger partial charge in [-0.25, -0.2) is 18.7 Å². The monoisotopic (exact) mass is 644 g/mol. The number of piperazine rings is 1. The number of hydrogen-bond donors (Lipinski definition) is 1. The van der Waals surface area contributed by atoms with Crippen LogP contribution in [0, 0.1) is 11.6 Å². The zero-order valence-electron chi connectivity index (χ0n) is 23.0. The SMILES string of the molecule is CCc1nc2ccc(Cl)cn2c1C(=O)NCc1ccc(N2CCN(c3ncc(OC(F)(F)F)cc3F)[C@@H](C)C2)c(F)c1.Cl. The molecule has 4 aromatic rings. The number of ether oxygens (including phenoxy) is 1. The van der Waals surface area contributed by atoms with Crippen LogP contribution in [0.15, 0.2) is 48.8 Å². The van der Waals surface area contributed by atoms with E-state index in [0.29, 0.717) is 58.9 Å². The van der Waals surface area contributed by atoms with Crippen molar-refractivity contribution in [2.75, 3.05) is 29.4 Å². The van der Waals surface area contributed by atoms with Crippen LogP contribution in [0.2, 0.25) is 5.02 Å². The highest BCUT2D eigenvalue weighted by molar-refractivity contribution is 6.30. The van der Waals surface area contributed by atoms with Crippen molar-refractivity contribution >= 4 is 47.1 Å². The summed E-state index contributed by atoms with van der Waals surface area (Å²) >= 11 is 6.11. The molecular formula is C28H27Cl2F5N6O2. The Bertz CT molecular complexity index is 1630. The Morgan fingerprint density at radius 3 is 2.56 bits per heavy atom. The highest BCUT2D eigenvalue weighted by Crippen LogP contribution is 2.30. The molecule has 230 valence electrons. The van der Waals surface area contributed by atoms with Crippen molar-refractivity contribution in [2.45, 2.75) is 39.2 Å². The van der Waals surface area contributed by atoms with Gasteiger partial charge < -0.3 is 19.9 Å². The fraction of sp³-hybridized carbons (Fsp3) is 0.321. The molecule has 1 atom stereocenters. The van der Waals surface area contributed by atoms with E-state index >= 15 is 4.39 Å². The molecule has 0 aliphatic carbocycles. The first kappa shape index (κ1) is 32.1. The van der Waals surface area contributed by atoms with Gasteiger partial charge in [-0.3, -0.25) is 9.20 Å². The van der Waals surface area contributed by atoms with E-state index in [1.54, 1.807) is 51.6 Å². The van der Waals surface area contributed by atoms with Gasteiger partial charge in [0.1, 0.15) is 17.2 Å². The van der Waals surface area contributed by atoms with Crippen LogP contribution in [0.25, 0.3) is 5.65 Å². The maximum atomic E-state index is 15.2. The lowest BCUT2D eigenvalue weighted by Gasteiger charge is -2.41. The number of rotatable bonds is 7. The molecule has 5 rings (SSSR count). The predicted octanol–water partition coefficient (Wildman–Crippen LogP) is 6.19. The van der Waals surface area contributed by atoms with E-state index in [-0.39, 0.29) is 43.3 Å². The number of fused-ring (bicyclic) bond motifs is 1. The van der Waals surface area contributed by atoms with Crippen LogP contribution < -0.4 is 19.9 Å². The summed E-state index contributed by atoms with van der Waals surface area (Å²) in [6, 6.07) is 8.40. The Kier molecular flexibility index (Phi) is 9.55. The fourth-order valence-corrected chi connectivity index (χ4v) is 5.20. The zero-order chi connectivity index (χ0) is 30.2. The summed E-state index contributed by atoms with van der Waals surface area (Å²) in [6.45, 7) is 4.64. The topological polar surface area (TPSA) is 75.0 Å². The molecule has 3 aromatic heterocycles. The molecule has 4 heterocycles. The van der Waals surface area contributed by atoms with Crippen LogP contribution >= 0.6 is 24.0 Å². The second kappa shape index (κ2) is 12.8. The summed E-state index contributed by atoms with van der Waals surface area (Å²) in [5.41, 5.74) is 2.46. The molecule has 1 aromatic carbocycles. The van der Waals surface area contributed by atoms with Gasteiger partial charge in [-0.1, -0.05) is 24.6 Å². The number of hydrogen-bond acceptors (Lipinski definition) is 6. The lowest BCUT2D eigenvalue weighted by molar-refractivity contribution is -0.274. The van der Waals surface area contributed by atoms with Crippen LogP contribution in [0.4, 0.5) is 33.5 Å². The van der Waals surface area contributed by atoms with Gasteiger partial charge in [-0.2, -0.15) is 0 Å². The molecule has 0 spiro atoms. The van der Waals surface area contributed by atoms with Crippen LogP contribution in [-0.4, -0.2) is 52.3 Å². The van der Waals surface area contributed by atoms with Gasteiger partial charge in [0.2, 0.25) is 0 Å². The van der Waals surface area contributed by atoms with Crippen LogP contribution in [0.3, 0.4) is 0 Å². The summed E-state index contributed by atoms with van der Waals surface area (Å²) in [5.74, 6) is -2.66. The number of halogens is 7. The van der Waals surface area contributed by atoms with Crippen molar-refractivity contribution in [3.05, 3.63) is 82.4 Å². The van der Waals surface area contributed by atoms with Gasteiger partial charge in [-0.05, 0) is 43.2 Å². The fourth-order valence-electron chi connectivity index (χ4n) is 5.04. The van der Waals surface area contributed by atoms with Crippen LogP contribution in [0.1, 0.15) is 35.6 Å². The quantitative estimate of drug-likeness (QED) is 0.242. The van der Waals surface area contributed by atoms with Crippen LogP contribution in [0.5, 0.6) is 5.75 Å². The normalized spacial score (nSPS) is 15.4. The average molecular weight is 645 g/mol. The number of anilines is 2. The van der Waals surface area contributed by atoms with Gasteiger partial charge in [0.05, 0.1) is 22.6 Å². The molecule has 1 amide bonds. The zero-order valence-corrected chi connectivity index (χ0v) is 24.5. The molecular weight excluding hydrogens is 618 g/mol. The van der Waals surface area contributed by atoms with Crippen LogP contribution in [-0.2, 0) is 13.0 Å². The molecule has 1 N–H and O–H groups in total.